The third kappa shape index (κ3) is 2.47. The molecule has 0 spiro atoms. The SMILES string of the molecule is CCOC(=O)C1C(/C=C/c2ccccc2)C1(C)C. The molecular formula is C16H20O2. The van der Waals surface area contributed by atoms with Crippen molar-refractivity contribution < 1.29 is 9.53 Å². The Kier molecular flexibility index (Phi) is 3.55. The van der Waals surface area contributed by atoms with Gasteiger partial charge in [0.1, 0.15) is 0 Å². The standard InChI is InChI=1S/C16H20O2/c1-4-18-15(17)14-13(16(14,2)3)11-10-12-8-6-5-7-9-12/h5-11,13-14H,4H2,1-3H3/b11-10+. The molecule has 2 heteroatoms. The minimum atomic E-state index is -0.0646. The van der Waals surface area contributed by atoms with Crippen LogP contribution in [-0.2, 0) is 9.53 Å². The zero-order valence-corrected chi connectivity index (χ0v) is 11.2. The lowest BCUT2D eigenvalue weighted by Gasteiger charge is -2.01. The molecule has 0 aromatic heterocycles. The first-order valence-electron chi connectivity index (χ1n) is 6.47. The van der Waals surface area contributed by atoms with E-state index in [2.05, 4.69) is 38.1 Å². The van der Waals surface area contributed by atoms with Crippen LogP contribution in [0.1, 0.15) is 26.3 Å². The van der Waals surface area contributed by atoms with E-state index >= 15 is 0 Å². The van der Waals surface area contributed by atoms with E-state index in [1.54, 1.807) is 0 Å². The van der Waals surface area contributed by atoms with Crippen LogP contribution in [0.25, 0.3) is 6.08 Å². The van der Waals surface area contributed by atoms with Crippen molar-refractivity contribution in [2.45, 2.75) is 20.8 Å². The molecule has 2 unspecified atom stereocenters. The second-order valence-corrected chi connectivity index (χ2v) is 5.35. The summed E-state index contributed by atoms with van der Waals surface area (Å²) in [5.74, 6) is 0.236. The maximum atomic E-state index is 11.8. The maximum absolute atomic E-state index is 11.8. The van der Waals surface area contributed by atoms with Gasteiger partial charge in [0.2, 0.25) is 0 Å². The Bertz CT molecular complexity index is 445. The summed E-state index contributed by atoms with van der Waals surface area (Å²) in [6.45, 7) is 6.55. The molecule has 96 valence electrons. The van der Waals surface area contributed by atoms with Gasteiger partial charge in [-0.1, -0.05) is 56.3 Å². The minimum absolute atomic E-state index is 0.0115. The zero-order chi connectivity index (χ0) is 13.2. The summed E-state index contributed by atoms with van der Waals surface area (Å²) in [5.41, 5.74) is 1.19. The number of hydrogen-bond acceptors (Lipinski definition) is 2. The maximum Gasteiger partial charge on any atom is 0.310 e. The topological polar surface area (TPSA) is 26.3 Å². The molecule has 0 bridgehead atoms. The average molecular weight is 244 g/mol. The van der Waals surface area contributed by atoms with Crippen molar-refractivity contribution in [2.24, 2.45) is 17.3 Å². The van der Waals surface area contributed by atoms with E-state index in [9.17, 15) is 4.79 Å². The molecule has 1 fully saturated rings. The third-order valence-electron chi connectivity index (χ3n) is 3.75. The van der Waals surface area contributed by atoms with Gasteiger partial charge in [0, 0.05) is 0 Å². The molecule has 2 nitrogen and oxygen atoms in total. The predicted octanol–water partition coefficient (Wildman–Crippen LogP) is 3.54. The van der Waals surface area contributed by atoms with E-state index in [1.807, 2.05) is 25.1 Å². The fourth-order valence-corrected chi connectivity index (χ4v) is 2.50. The van der Waals surface area contributed by atoms with Gasteiger partial charge in [-0.15, -0.1) is 0 Å². The third-order valence-corrected chi connectivity index (χ3v) is 3.75. The number of esters is 1. The van der Waals surface area contributed by atoms with Crippen LogP contribution in [-0.4, -0.2) is 12.6 Å². The van der Waals surface area contributed by atoms with Crippen LogP contribution in [0.5, 0.6) is 0 Å². The normalized spacial score (nSPS) is 25.1. The molecule has 1 saturated carbocycles. The van der Waals surface area contributed by atoms with E-state index in [4.69, 9.17) is 4.74 Å². The second-order valence-electron chi connectivity index (χ2n) is 5.35. The lowest BCUT2D eigenvalue weighted by Crippen LogP contribution is -2.10. The molecule has 0 amide bonds. The van der Waals surface area contributed by atoms with Gasteiger partial charge in [-0.3, -0.25) is 4.79 Å². The molecule has 1 aliphatic rings. The van der Waals surface area contributed by atoms with Crippen LogP contribution in [0.15, 0.2) is 36.4 Å². The van der Waals surface area contributed by atoms with Gasteiger partial charge in [0.25, 0.3) is 0 Å². The Morgan fingerprint density at radius 1 is 1.33 bits per heavy atom. The highest BCUT2D eigenvalue weighted by molar-refractivity contribution is 5.78. The van der Waals surface area contributed by atoms with E-state index in [1.165, 1.54) is 5.56 Å². The van der Waals surface area contributed by atoms with E-state index in [-0.39, 0.29) is 23.2 Å². The number of carbonyl (C=O) groups excluding carboxylic acids is 1. The summed E-state index contributed by atoms with van der Waals surface area (Å²) in [6.07, 6.45) is 4.22. The molecule has 0 saturated heterocycles. The van der Waals surface area contributed by atoms with Crippen LogP contribution >= 0.6 is 0 Å². The predicted molar refractivity (Wildman–Crippen MR) is 72.9 cm³/mol. The van der Waals surface area contributed by atoms with Crippen molar-refractivity contribution in [1.29, 1.82) is 0 Å². The number of rotatable bonds is 4. The van der Waals surface area contributed by atoms with Gasteiger partial charge in [-0.2, -0.15) is 0 Å². The van der Waals surface area contributed by atoms with Crippen LogP contribution in [0.4, 0.5) is 0 Å². The number of allylic oxidation sites excluding steroid dienone is 1. The summed E-state index contributed by atoms with van der Waals surface area (Å²) >= 11 is 0. The van der Waals surface area contributed by atoms with E-state index < -0.39 is 0 Å². The van der Waals surface area contributed by atoms with Crippen molar-refractivity contribution in [3.63, 3.8) is 0 Å². The largest absolute Gasteiger partial charge is 0.466 e. The molecular weight excluding hydrogens is 224 g/mol. The van der Waals surface area contributed by atoms with Crippen molar-refractivity contribution in [1.82, 2.24) is 0 Å². The Labute approximate surface area is 109 Å². The summed E-state index contributed by atoms with van der Waals surface area (Å²) in [7, 11) is 0. The lowest BCUT2D eigenvalue weighted by atomic mass is 10.1. The van der Waals surface area contributed by atoms with Gasteiger partial charge in [-0.25, -0.2) is 0 Å². The summed E-state index contributed by atoms with van der Waals surface area (Å²) in [5, 5.41) is 0. The van der Waals surface area contributed by atoms with E-state index in [0.29, 0.717) is 6.61 Å². The summed E-state index contributed by atoms with van der Waals surface area (Å²) < 4.78 is 5.11. The van der Waals surface area contributed by atoms with Crippen LogP contribution < -0.4 is 0 Å². The number of benzene rings is 1. The first kappa shape index (κ1) is 12.9. The molecule has 0 aliphatic heterocycles. The monoisotopic (exact) mass is 244 g/mol. The second kappa shape index (κ2) is 4.97. The summed E-state index contributed by atoms with van der Waals surface area (Å²) in [4.78, 5) is 11.8. The minimum Gasteiger partial charge on any atom is -0.466 e. The molecule has 0 radical (unpaired) electrons. The Morgan fingerprint density at radius 2 is 2.00 bits per heavy atom. The van der Waals surface area contributed by atoms with Gasteiger partial charge in [0.05, 0.1) is 12.5 Å². The van der Waals surface area contributed by atoms with Crippen LogP contribution in [0.2, 0.25) is 0 Å². The van der Waals surface area contributed by atoms with Crippen molar-refractivity contribution in [3.05, 3.63) is 42.0 Å². The molecule has 1 aromatic rings. The first-order valence-corrected chi connectivity index (χ1v) is 6.47. The molecule has 1 aromatic carbocycles. The smallest absolute Gasteiger partial charge is 0.310 e. The van der Waals surface area contributed by atoms with Gasteiger partial charge < -0.3 is 4.74 Å². The van der Waals surface area contributed by atoms with Crippen LogP contribution in [0.3, 0.4) is 0 Å². The van der Waals surface area contributed by atoms with Crippen molar-refractivity contribution >= 4 is 12.0 Å². The molecule has 0 heterocycles. The molecule has 2 atom stereocenters. The highest BCUT2D eigenvalue weighted by Crippen LogP contribution is 2.59. The fourth-order valence-electron chi connectivity index (χ4n) is 2.50. The highest BCUT2D eigenvalue weighted by Gasteiger charge is 2.61. The number of hydrogen-bond donors (Lipinski definition) is 0. The van der Waals surface area contributed by atoms with E-state index in [0.717, 1.165) is 0 Å². The Morgan fingerprint density at radius 3 is 2.61 bits per heavy atom. The fraction of sp³-hybridized carbons (Fsp3) is 0.438. The highest BCUT2D eigenvalue weighted by atomic mass is 16.5. The number of carbonyl (C=O) groups is 1. The summed E-state index contributed by atoms with van der Waals surface area (Å²) in [6, 6.07) is 10.2. The first-order chi connectivity index (χ1) is 8.57. The Balaban J connectivity index is 2.03. The molecule has 0 N–H and O–H groups in total. The quantitative estimate of drug-likeness (QED) is 0.757. The molecule has 18 heavy (non-hydrogen) atoms. The van der Waals surface area contributed by atoms with Crippen LogP contribution in [0, 0.1) is 17.3 Å². The molecule has 2 rings (SSSR count). The van der Waals surface area contributed by atoms with Crippen molar-refractivity contribution in [3.8, 4) is 0 Å². The lowest BCUT2D eigenvalue weighted by molar-refractivity contribution is -0.145. The van der Waals surface area contributed by atoms with Crippen molar-refractivity contribution in [2.75, 3.05) is 6.61 Å². The molecule has 1 aliphatic carbocycles. The van der Waals surface area contributed by atoms with Gasteiger partial charge in [-0.05, 0) is 23.8 Å². The number of ether oxygens (including phenoxy) is 1. The van der Waals surface area contributed by atoms with Gasteiger partial charge in [0.15, 0.2) is 0 Å². The zero-order valence-electron chi connectivity index (χ0n) is 11.2. The Hall–Kier alpha value is -1.57. The van der Waals surface area contributed by atoms with Gasteiger partial charge >= 0.3 is 5.97 Å². The average Bonchev–Trinajstić information content (AvgIpc) is 2.90.